The highest BCUT2D eigenvalue weighted by atomic mass is 16.5. The van der Waals surface area contributed by atoms with Gasteiger partial charge in [0.15, 0.2) is 0 Å². The number of ether oxygens (including phenoxy) is 2. The first kappa shape index (κ1) is 9.51. The van der Waals surface area contributed by atoms with Gasteiger partial charge >= 0.3 is 6.09 Å². The van der Waals surface area contributed by atoms with E-state index in [4.69, 9.17) is 9.47 Å². The van der Waals surface area contributed by atoms with Crippen LogP contribution in [-0.4, -0.2) is 19.3 Å². The molecule has 1 aromatic carbocycles. The molecule has 0 aliphatic carbocycles. The monoisotopic (exact) mass is 219 g/mol. The summed E-state index contributed by atoms with van der Waals surface area (Å²) in [6, 6.07) is 6.20. The summed E-state index contributed by atoms with van der Waals surface area (Å²) in [4.78, 5) is 11.1. The molecule has 0 saturated carbocycles. The van der Waals surface area contributed by atoms with E-state index in [0.717, 1.165) is 30.8 Å². The van der Waals surface area contributed by atoms with Gasteiger partial charge in [-0.1, -0.05) is 6.07 Å². The molecule has 2 aliphatic heterocycles. The fraction of sp³-hybridized carbons (Fsp3) is 0.417. The van der Waals surface area contributed by atoms with Crippen molar-refractivity contribution in [2.45, 2.75) is 18.9 Å². The third-order valence-corrected chi connectivity index (χ3v) is 3.05. The number of alkyl carbamates (subject to hydrolysis) is 1. The standard InChI is InChI=1S/C12H13NO3/c14-12-13-10(4-6-16-12)8-1-2-11-9(7-8)3-5-15-11/h1-2,7,10H,3-6H2,(H,13,14)/t10-/m1/s1. The first-order valence-electron chi connectivity index (χ1n) is 5.52. The topological polar surface area (TPSA) is 47.6 Å². The first-order chi connectivity index (χ1) is 7.83. The smallest absolute Gasteiger partial charge is 0.407 e. The van der Waals surface area contributed by atoms with Crippen molar-refractivity contribution in [2.24, 2.45) is 0 Å². The Morgan fingerprint density at radius 2 is 2.19 bits per heavy atom. The van der Waals surface area contributed by atoms with Gasteiger partial charge in [0.05, 0.1) is 19.3 Å². The molecule has 1 aromatic rings. The van der Waals surface area contributed by atoms with Gasteiger partial charge in [0.25, 0.3) is 0 Å². The number of carbonyl (C=O) groups is 1. The minimum absolute atomic E-state index is 0.0761. The van der Waals surface area contributed by atoms with Crippen LogP contribution < -0.4 is 10.1 Å². The van der Waals surface area contributed by atoms with Crippen molar-refractivity contribution < 1.29 is 14.3 Å². The number of cyclic esters (lactones) is 1. The predicted molar refractivity (Wildman–Crippen MR) is 57.5 cm³/mol. The van der Waals surface area contributed by atoms with Gasteiger partial charge in [-0.25, -0.2) is 4.79 Å². The largest absolute Gasteiger partial charge is 0.493 e. The fourth-order valence-electron chi connectivity index (χ4n) is 2.20. The Morgan fingerprint density at radius 3 is 3.06 bits per heavy atom. The van der Waals surface area contributed by atoms with E-state index in [9.17, 15) is 4.79 Å². The lowest BCUT2D eigenvalue weighted by Crippen LogP contribution is -2.35. The van der Waals surface area contributed by atoms with E-state index in [2.05, 4.69) is 11.4 Å². The van der Waals surface area contributed by atoms with Crippen molar-refractivity contribution in [3.05, 3.63) is 29.3 Å². The third-order valence-electron chi connectivity index (χ3n) is 3.05. The molecule has 4 heteroatoms. The lowest BCUT2D eigenvalue weighted by Gasteiger charge is -2.23. The zero-order valence-corrected chi connectivity index (χ0v) is 8.86. The summed E-state index contributed by atoms with van der Waals surface area (Å²) in [5.74, 6) is 0.974. The summed E-state index contributed by atoms with van der Waals surface area (Å²) in [5, 5.41) is 2.82. The molecule has 3 rings (SSSR count). The van der Waals surface area contributed by atoms with E-state index in [0.29, 0.717) is 6.61 Å². The highest BCUT2D eigenvalue weighted by molar-refractivity contribution is 5.68. The third kappa shape index (κ3) is 1.60. The van der Waals surface area contributed by atoms with Gasteiger partial charge in [0, 0.05) is 12.8 Å². The van der Waals surface area contributed by atoms with Gasteiger partial charge in [-0.05, 0) is 23.3 Å². The molecule has 4 nitrogen and oxygen atoms in total. The van der Waals surface area contributed by atoms with Crippen LogP contribution in [0.1, 0.15) is 23.6 Å². The minimum atomic E-state index is -0.326. The highest BCUT2D eigenvalue weighted by Gasteiger charge is 2.22. The molecule has 1 fully saturated rings. The molecule has 2 heterocycles. The molecular formula is C12H13NO3. The number of fused-ring (bicyclic) bond motifs is 1. The van der Waals surface area contributed by atoms with Gasteiger partial charge in [0.1, 0.15) is 5.75 Å². The van der Waals surface area contributed by atoms with Crippen LogP contribution in [0.2, 0.25) is 0 Å². The van der Waals surface area contributed by atoms with Crippen molar-refractivity contribution in [3.63, 3.8) is 0 Å². The van der Waals surface area contributed by atoms with Crippen molar-refractivity contribution in [1.82, 2.24) is 5.32 Å². The van der Waals surface area contributed by atoms with E-state index in [1.165, 1.54) is 5.56 Å². The Balaban J connectivity index is 1.86. The molecular weight excluding hydrogens is 206 g/mol. The van der Waals surface area contributed by atoms with Crippen LogP contribution in [0, 0.1) is 0 Å². The number of rotatable bonds is 1. The number of carbonyl (C=O) groups excluding carboxylic acids is 1. The first-order valence-corrected chi connectivity index (χ1v) is 5.52. The zero-order valence-electron chi connectivity index (χ0n) is 8.86. The van der Waals surface area contributed by atoms with E-state index >= 15 is 0 Å². The van der Waals surface area contributed by atoms with Crippen LogP contribution in [0.3, 0.4) is 0 Å². The molecule has 0 aromatic heterocycles. The maximum Gasteiger partial charge on any atom is 0.407 e. The van der Waals surface area contributed by atoms with Crippen LogP contribution in [0.4, 0.5) is 4.79 Å². The molecule has 1 atom stereocenters. The molecule has 0 spiro atoms. The summed E-state index contributed by atoms with van der Waals surface area (Å²) < 4.78 is 10.3. The van der Waals surface area contributed by atoms with Crippen molar-refractivity contribution in [3.8, 4) is 5.75 Å². The van der Waals surface area contributed by atoms with E-state index < -0.39 is 0 Å². The van der Waals surface area contributed by atoms with Crippen LogP contribution in [0.5, 0.6) is 5.75 Å². The summed E-state index contributed by atoms with van der Waals surface area (Å²) in [7, 11) is 0. The lowest BCUT2D eigenvalue weighted by atomic mass is 10.00. The Morgan fingerprint density at radius 1 is 1.25 bits per heavy atom. The van der Waals surface area contributed by atoms with Gasteiger partial charge in [-0.3, -0.25) is 0 Å². The quantitative estimate of drug-likeness (QED) is 0.783. The Labute approximate surface area is 93.5 Å². The molecule has 84 valence electrons. The molecule has 0 radical (unpaired) electrons. The average Bonchev–Trinajstić information content (AvgIpc) is 2.75. The molecule has 16 heavy (non-hydrogen) atoms. The van der Waals surface area contributed by atoms with Crippen LogP contribution in [-0.2, 0) is 11.2 Å². The minimum Gasteiger partial charge on any atom is -0.493 e. The SMILES string of the molecule is O=C1N[C@@H](c2ccc3c(c2)CCO3)CCO1. The van der Waals surface area contributed by atoms with E-state index in [1.807, 2.05) is 12.1 Å². The van der Waals surface area contributed by atoms with Crippen molar-refractivity contribution in [1.29, 1.82) is 0 Å². The number of hydrogen-bond acceptors (Lipinski definition) is 3. The Bertz CT molecular complexity index is 430. The maximum absolute atomic E-state index is 11.1. The van der Waals surface area contributed by atoms with Gasteiger partial charge < -0.3 is 14.8 Å². The molecule has 1 saturated heterocycles. The van der Waals surface area contributed by atoms with Crippen LogP contribution in [0.15, 0.2) is 18.2 Å². The number of amides is 1. The van der Waals surface area contributed by atoms with Crippen molar-refractivity contribution >= 4 is 6.09 Å². The number of hydrogen-bond donors (Lipinski definition) is 1. The zero-order chi connectivity index (χ0) is 11.0. The summed E-state index contributed by atoms with van der Waals surface area (Å²) in [5.41, 5.74) is 2.37. The second kappa shape index (κ2) is 3.70. The summed E-state index contributed by atoms with van der Waals surface area (Å²) >= 11 is 0. The molecule has 0 bridgehead atoms. The second-order valence-corrected chi connectivity index (χ2v) is 4.09. The number of nitrogens with one attached hydrogen (secondary N) is 1. The van der Waals surface area contributed by atoms with E-state index in [-0.39, 0.29) is 12.1 Å². The average molecular weight is 219 g/mol. The molecule has 1 amide bonds. The van der Waals surface area contributed by atoms with Crippen molar-refractivity contribution in [2.75, 3.05) is 13.2 Å². The highest BCUT2D eigenvalue weighted by Crippen LogP contribution is 2.29. The number of benzene rings is 1. The molecule has 0 unspecified atom stereocenters. The summed E-state index contributed by atoms with van der Waals surface area (Å²) in [6.07, 6.45) is 1.46. The predicted octanol–water partition coefficient (Wildman–Crippen LogP) is 1.79. The maximum atomic E-state index is 11.1. The lowest BCUT2D eigenvalue weighted by molar-refractivity contribution is 0.115. The van der Waals surface area contributed by atoms with Gasteiger partial charge in [0.2, 0.25) is 0 Å². The normalized spacial score (nSPS) is 23.0. The van der Waals surface area contributed by atoms with Gasteiger partial charge in [-0.15, -0.1) is 0 Å². The second-order valence-electron chi connectivity index (χ2n) is 4.09. The fourth-order valence-corrected chi connectivity index (χ4v) is 2.20. The Hall–Kier alpha value is -1.71. The summed E-state index contributed by atoms with van der Waals surface area (Å²) in [6.45, 7) is 1.25. The molecule has 2 aliphatic rings. The van der Waals surface area contributed by atoms with E-state index in [1.54, 1.807) is 0 Å². The van der Waals surface area contributed by atoms with Crippen LogP contribution >= 0.6 is 0 Å². The van der Waals surface area contributed by atoms with Crippen LogP contribution in [0.25, 0.3) is 0 Å². The molecule has 1 N–H and O–H groups in total. The Kier molecular flexibility index (Phi) is 2.20. The van der Waals surface area contributed by atoms with Gasteiger partial charge in [-0.2, -0.15) is 0 Å².